The van der Waals surface area contributed by atoms with Crippen LogP contribution < -0.4 is 83.0 Å². The predicted octanol–water partition coefficient (Wildman–Crippen LogP) is 13.8. The van der Waals surface area contributed by atoms with E-state index in [4.69, 9.17) is 0 Å². The number of benzene rings is 17. The number of hydrogen-bond donors (Lipinski definition) is 0. The largest absolute Gasteiger partial charge is 0.319 e. The van der Waals surface area contributed by atoms with Gasteiger partial charge in [0.1, 0.15) is 0 Å². The van der Waals surface area contributed by atoms with Crippen LogP contribution in [0.1, 0.15) is 5.56 Å². The van der Waals surface area contributed by atoms with E-state index in [1.165, 1.54) is 83.0 Å². The van der Waals surface area contributed by atoms with Crippen LogP contribution in [0, 0.1) is 17.9 Å². The summed E-state index contributed by atoms with van der Waals surface area (Å²) in [5.41, 5.74) is 5.91. The molecule has 0 N–H and O–H groups in total. The molecule has 19 aromatic rings. The second kappa shape index (κ2) is 29.0. The van der Waals surface area contributed by atoms with E-state index in [-0.39, 0.29) is 0 Å². The molecule has 0 spiro atoms. The lowest BCUT2D eigenvalue weighted by Gasteiger charge is -2.34. The highest BCUT2D eigenvalue weighted by Gasteiger charge is 2.47. The fourth-order valence-corrected chi connectivity index (χ4v) is 38.0. The topological polar surface area (TPSA) is 38.0 Å². The van der Waals surface area contributed by atoms with Gasteiger partial charge in [-0.15, -0.1) is 0 Å². The molecule has 0 aliphatic rings. The second-order valence-corrected chi connectivity index (χ2v) is 44.3. The van der Waals surface area contributed by atoms with Crippen LogP contribution in [0.15, 0.2) is 449 Å². The highest BCUT2D eigenvalue weighted by molar-refractivity contribution is 7.22. The summed E-state index contributed by atoms with van der Waals surface area (Å²) >= 11 is 0. The third-order valence-electron chi connectivity index (χ3n) is 23.6. The number of nitriles is 1. The summed E-state index contributed by atoms with van der Waals surface area (Å²) in [6, 6.07) is 170. The molecule has 0 aliphatic heterocycles. The molecule has 2 aromatic heterocycles. The van der Waals surface area contributed by atoms with Crippen molar-refractivity contribution in [2.24, 2.45) is 0 Å². The smallest absolute Gasteiger partial charge is 0.212 e. The molecule has 8 heteroatoms. The van der Waals surface area contributed by atoms with Crippen molar-refractivity contribution in [2.45, 2.75) is 0 Å². The molecular formula is C104H74N4Si4. The van der Waals surface area contributed by atoms with E-state index in [1.54, 1.807) is 0 Å². The summed E-state index contributed by atoms with van der Waals surface area (Å²) in [4.78, 5) is 4.49. The van der Waals surface area contributed by atoms with Crippen LogP contribution in [-0.4, -0.2) is 41.4 Å². The monoisotopic (exact) mass is 1490 g/mol. The Labute approximate surface area is 657 Å². The first kappa shape index (κ1) is 68.7. The SMILES string of the molecule is [C-]#[N+]c1cc(C#N)c(-n2c3ccc([Si](c4ccccc4)(c4ccccc4)c4ccccc4)cc3c3cc([Si](c4ccccc4)(c4ccccc4)c4ccccc4)ccc32)cc1-n1c2ccc([Si](c3ccccc3)(c3ccccc3)c3ccccc3)cc2c2cc([Si](c3ccccc3)(c3ccccc3)c3ccccc3)ccc21. The predicted molar refractivity (Wildman–Crippen MR) is 481 cm³/mol. The van der Waals surface area contributed by atoms with Gasteiger partial charge in [-0.3, -0.25) is 0 Å². The first-order valence-corrected chi connectivity index (χ1v) is 46.3. The minimum absolute atomic E-state index is 0.370. The summed E-state index contributed by atoms with van der Waals surface area (Å²) in [7, 11) is -12.6. The number of fused-ring (bicyclic) bond motifs is 6. The molecule has 0 fully saturated rings. The van der Waals surface area contributed by atoms with E-state index in [2.05, 4.69) is 463 Å². The quantitative estimate of drug-likeness (QED) is 0.0479. The van der Waals surface area contributed by atoms with Crippen molar-refractivity contribution in [3.05, 3.63) is 466 Å². The number of hydrogen-bond acceptors (Lipinski definition) is 1. The molecule has 0 bridgehead atoms. The Morgan fingerprint density at radius 1 is 0.205 bits per heavy atom. The fourth-order valence-electron chi connectivity index (χ4n) is 18.9. The molecule has 0 saturated heterocycles. The van der Waals surface area contributed by atoms with Gasteiger partial charge in [-0.2, -0.15) is 5.26 Å². The lowest BCUT2D eigenvalue weighted by molar-refractivity contribution is 1.13. The van der Waals surface area contributed by atoms with Crippen LogP contribution >= 0.6 is 0 Å². The highest BCUT2D eigenvalue weighted by Crippen LogP contribution is 2.41. The van der Waals surface area contributed by atoms with Gasteiger partial charge in [0.2, 0.25) is 5.69 Å². The summed E-state index contributed by atoms with van der Waals surface area (Å²) in [5, 5.41) is 36.5. The molecular weight excluding hydrogens is 1420 g/mol. The first-order valence-electron chi connectivity index (χ1n) is 38.3. The molecule has 4 nitrogen and oxygen atoms in total. The highest BCUT2D eigenvalue weighted by atomic mass is 28.3. The molecule has 0 amide bonds. The zero-order valence-electron chi connectivity index (χ0n) is 61.5. The van der Waals surface area contributed by atoms with E-state index in [9.17, 15) is 11.8 Å². The summed E-state index contributed by atoms with van der Waals surface area (Å²) in [6.07, 6.45) is 0. The Morgan fingerprint density at radius 3 is 0.554 bits per heavy atom. The lowest BCUT2D eigenvalue weighted by atomic mass is 10.1. The summed E-state index contributed by atoms with van der Waals surface area (Å²) in [6.45, 7) is 9.39. The van der Waals surface area contributed by atoms with Crippen molar-refractivity contribution in [3.8, 4) is 17.4 Å². The third kappa shape index (κ3) is 10.9. The van der Waals surface area contributed by atoms with Gasteiger partial charge in [0.05, 0.1) is 51.6 Å². The lowest BCUT2D eigenvalue weighted by Crippen LogP contribution is -2.74. The van der Waals surface area contributed by atoms with Crippen LogP contribution in [0.4, 0.5) is 5.69 Å². The summed E-state index contributed by atoms with van der Waals surface area (Å²) < 4.78 is 4.68. The molecule has 0 aliphatic carbocycles. The minimum atomic E-state index is -3.14. The molecule has 2 heterocycles. The van der Waals surface area contributed by atoms with Gasteiger partial charge in [0.25, 0.3) is 0 Å². The van der Waals surface area contributed by atoms with Crippen molar-refractivity contribution in [1.29, 1.82) is 5.26 Å². The molecule has 0 atom stereocenters. The Morgan fingerprint density at radius 2 is 0.384 bits per heavy atom. The zero-order chi connectivity index (χ0) is 75.1. The number of nitrogens with zero attached hydrogens (tertiary/aromatic N) is 4. The molecule has 0 saturated carbocycles. The molecule has 19 rings (SSSR count). The average Bonchev–Trinajstić information content (AvgIpc) is 1.51. The molecule has 17 aromatic carbocycles. The van der Waals surface area contributed by atoms with Crippen LogP contribution in [0.3, 0.4) is 0 Å². The van der Waals surface area contributed by atoms with Gasteiger partial charge in [-0.1, -0.05) is 413 Å². The Hall–Kier alpha value is -13.8. The zero-order valence-corrected chi connectivity index (χ0v) is 65.5. The van der Waals surface area contributed by atoms with Crippen LogP contribution in [0.2, 0.25) is 0 Å². The third-order valence-corrected chi connectivity index (χ3v) is 42.7. The van der Waals surface area contributed by atoms with Crippen molar-refractivity contribution in [2.75, 3.05) is 0 Å². The number of rotatable bonds is 18. The van der Waals surface area contributed by atoms with E-state index >= 15 is 0 Å². The van der Waals surface area contributed by atoms with Crippen molar-refractivity contribution in [1.82, 2.24) is 9.13 Å². The Bertz CT molecular complexity index is 5560. The van der Waals surface area contributed by atoms with Gasteiger partial charge in [0, 0.05) is 21.5 Å². The van der Waals surface area contributed by atoms with Gasteiger partial charge >= 0.3 is 0 Å². The van der Waals surface area contributed by atoms with Gasteiger partial charge in [0.15, 0.2) is 32.3 Å². The Kier molecular flexibility index (Phi) is 17.8. The van der Waals surface area contributed by atoms with Crippen molar-refractivity contribution in [3.63, 3.8) is 0 Å². The minimum Gasteiger partial charge on any atom is -0.319 e. The van der Waals surface area contributed by atoms with Crippen LogP contribution in [-0.2, 0) is 0 Å². The summed E-state index contributed by atoms with van der Waals surface area (Å²) in [5.74, 6) is 0. The van der Waals surface area contributed by atoms with E-state index in [0.29, 0.717) is 22.6 Å². The maximum atomic E-state index is 12.0. The van der Waals surface area contributed by atoms with Crippen LogP contribution in [0.25, 0.3) is 59.8 Å². The van der Waals surface area contributed by atoms with E-state index in [0.717, 1.165) is 43.6 Å². The van der Waals surface area contributed by atoms with Crippen molar-refractivity contribution < 1.29 is 0 Å². The van der Waals surface area contributed by atoms with Crippen molar-refractivity contribution >= 4 is 165 Å². The van der Waals surface area contributed by atoms with Gasteiger partial charge in [-0.25, -0.2) is 4.85 Å². The Balaban J connectivity index is 0.935. The fraction of sp³-hybridized carbons (Fsp3) is 0. The molecule has 0 unspecified atom stereocenters. The van der Waals surface area contributed by atoms with E-state index in [1.807, 2.05) is 6.07 Å². The molecule has 112 heavy (non-hydrogen) atoms. The second-order valence-electron chi connectivity index (χ2n) is 29.1. The molecule has 526 valence electrons. The number of aromatic nitrogens is 2. The van der Waals surface area contributed by atoms with Gasteiger partial charge in [-0.05, 0) is 119 Å². The average molecular weight is 1490 g/mol. The maximum absolute atomic E-state index is 12.0. The standard InChI is InChI=1S/C104H74N4Si4/c1-106-98-70-77(76-105)103(107-99-66-62-90(109(78-38-14-2-15-39-78,79-40-16-3-17-41-79)80-42-18-4-19-43-80)71-94(99)95-72-91(63-67-100(95)107)110(81-44-20-5-21-45-81,82-46-22-6-23-47-82)83-48-24-7-25-49-83)75-104(98)108-101-68-64-92(111(84-50-26-8-27-51-84,85-52-28-9-29-53-85)86-54-30-10-31-55-86)73-96(101)97-74-93(65-69-102(97)108)112(87-56-32-11-33-57-87,88-58-34-12-35-59-88)89-60-36-13-37-61-89/h2-75H. The van der Waals surface area contributed by atoms with E-state index < -0.39 is 32.3 Å². The van der Waals surface area contributed by atoms with Crippen LogP contribution in [0.5, 0.6) is 0 Å². The normalized spacial score (nSPS) is 11.9. The molecule has 0 radical (unpaired) electrons. The van der Waals surface area contributed by atoms with Gasteiger partial charge < -0.3 is 9.13 Å². The first-order chi connectivity index (χ1) is 55.5. The maximum Gasteiger partial charge on any atom is 0.212 e.